The average molecular weight is 186 g/mol. The van der Waals surface area contributed by atoms with E-state index < -0.39 is 0 Å². The number of nitrogens with two attached hydrogens (primary N) is 1. The number of hydrogen-bond donors (Lipinski definition) is 2. The molecule has 1 aliphatic rings. The number of carbonyl (C=O) groups excluding carboxylic acids is 1. The topological polar surface area (TPSA) is 64.4 Å². The van der Waals surface area contributed by atoms with E-state index in [1.54, 1.807) is 6.92 Å². The molecule has 1 rings (SSSR count). The molecule has 0 radical (unpaired) electrons. The Hall–Kier alpha value is -0.610. The fourth-order valence-corrected chi connectivity index (χ4v) is 1.36. The molecule has 0 bridgehead atoms. The number of amides is 1. The maximum Gasteiger partial charge on any atom is 0.247 e. The van der Waals surface area contributed by atoms with Crippen LogP contribution < -0.4 is 11.2 Å². The van der Waals surface area contributed by atoms with Gasteiger partial charge in [-0.15, -0.1) is 0 Å². The number of nitrogens with one attached hydrogen (secondary N) is 1. The second-order valence-electron chi connectivity index (χ2n) is 3.63. The highest BCUT2D eigenvalue weighted by molar-refractivity contribution is 5.77. The molecule has 0 aromatic carbocycles. The molecule has 4 heteroatoms. The lowest BCUT2D eigenvalue weighted by atomic mass is 10.2. The first-order valence-electron chi connectivity index (χ1n) is 4.89. The van der Waals surface area contributed by atoms with Gasteiger partial charge in [0.25, 0.3) is 0 Å². The Labute approximate surface area is 78.8 Å². The molecule has 1 unspecified atom stereocenters. The Morgan fingerprint density at radius 1 is 1.62 bits per heavy atom. The molecule has 13 heavy (non-hydrogen) atoms. The molecule has 1 aliphatic carbocycles. The van der Waals surface area contributed by atoms with Gasteiger partial charge in [-0.2, -0.15) is 0 Å². The van der Waals surface area contributed by atoms with Crippen LogP contribution in [-0.4, -0.2) is 18.6 Å². The van der Waals surface area contributed by atoms with Crippen LogP contribution >= 0.6 is 0 Å². The zero-order chi connectivity index (χ0) is 9.68. The molecule has 0 spiro atoms. The Morgan fingerprint density at radius 2 is 2.23 bits per heavy atom. The second-order valence-corrected chi connectivity index (χ2v) is 3.63. The third kappa shape index (κ3) is 3.32. The van der Waals surface area contributed by atoms with Gasteiger partial charge in [0.2, 0.25) is 5.91 Å². The van der Waals surface area contributed by atoms with E-state index in [0.29, 0.717) is 6.54 Å². The SMILES string of the molecule is CC(CN)C(=O)NOC1CCCC1. The predicted octanol–water partition coefficient (Wildman–Crippen LogP) is 0.572. The van der Waals surface area contributed by atoms with Gasteiger partial charge in [-0.3, -0.25) is 9.63 Å². The standard InChI is InChI=1S/C9H18N2O2/c1-7(6-10)9(12)11-13-8-4-2-3-5-8/h7-8H,2-6,10H2,1H3,(H,11,12). The smallest absolute Gasteiger partial charge is 0.247 e. The monoisotopic (exact) mass is 186 g/mol. The van der Waals surface area contributed by atoms with Gasteiger partial charge in [-0.05, 0) is 12.8 Å². The summed E-state index contributed by atoms with van der Waals surface area (Å²) in [6.45, 7) is 2.15. The van der Waals surface area contributed by atoms with Gasteiger partial charge < -0.3 is 5.73 Å². The van der Waals surface area contributed by atoms with Crippen LogP contribution in [0.1, 0.15) is 32.6 Å². The van der Waals surface area contributed by atoms with Crippen LogP contribution in [0, 0.1) is 5.92 Å². The van der Waals surface area contributed by atoms with Crippen molar-refractivity contribution in [1.82, 2.24) is 5.48 Å². The Balaban J connectivity index is 2.13. The first kappa shape index (κ1) is 10.5. The molecule has 1 fully saturated rings. The maximum absolute atomic E-state index is 11.2. The minimum atomic E-state index is -0.165. The van der Waals surface area contributed by atoms with E-state index in [4.69, 9.17) is 10.6 Å². The van der Waals surface area contributed by atoms with E-state index >= 15 is 0 Å². The summed E-state index contributed by atoms with van der Waals surface area (Å²) in [5, 5.41) is 0. The van der Waals surface area contributed by atoms with Gasteiger partial charge in [0.05, 0.1) is 6.10 Å². The third-order valence-electron chi connectivity index (χ3n) is 2.43. The third-order valence-corrected chi connectivity index (χ3v) is 2.43. The minimum absolute atomic E-state index is 0.116. The lowest BCUT2D eigenvalue weighted by molar-refractivity contribution is -0.141. The molecule has 1 saturated carbocycles. The Morgan fingerprint density at radius 3 is 2.77 bits per heavy atom. The van der Waals surface area contributed by atoms with E-state index in [9.17, 15) is 4.79 Å². The van der Waals surface area contributed by atoms with Crippen LogP contribution in [0.2, 0.25) is 0 Å². The first-order valence-corrected chi connectivity index (χ1v) is 4.89. The van der Waals surface area contributed by atoms with Crippen molar-refractivity contribution in [3.05, 3.63) is 0 Å². The average Bonchev–Trinajstić information content (AvgIpc) is 2.65. The zero-order valence-electron chi connectivity index (χ0n) is 8.08. The fourth-order valence-electron chi connectivity index (χ4n) is 1.36. The summed E-state index contributed by atoms with van der Waals surface area (Å²) < 4.78 is 0. The van der Waals surface area contributed by atoms with Gasteiger partial charge in [0, 0.05) is 12.5 Å². The van der Waals surface area contributed by atoms with Crippen LogP contribution in [0.5, 0.6) is 0 Å². The van der Waals surface area contributed by atoms with Crippen molar-refractivity contribution >= 4 is 5.91 Å². The van der Waals surface area contributed by atoms with Crippen LogP contribution in [0.15, 0.2) is 0 Å². The van der Waals surface area contributed by atoms with Gasteiger partial charge >= 0.3 is 0 Å². The van der Waals surface area contributed by atoms with Crippen molar-refractivity contribution < 1.29 is 9.63 Å². The van der Waals surface area contributed by atoms with E-state index in [-0.39, 0.29) is 17.9 Å². The molecule has 3 N–H and O–H groups in total. The first-order chi connectivity index (χ1) is 6.24. The number of rotatable bonds is 4. The summed E-state index contributed by atoms with van der Waals surface area (Å²) in [5.41, 5.74) is 7.80. The molecule has 1 atom stereocenters. The molecule has 0 aromatic rings. The fraction of sp³-hybridized carbons (Fsp3) is 0.889. The molecule has 0 aromatic heterocycles. The van der Waals surface area contributed by atoms with E-state index in [0.717, 1.165) is 12.8 Å². The van der Waals surface area contributed by atoms with Crippen molar-refractivity contribution in [2.24, 2.45) is 11.7 Å². The molecule has 0 heterocycles. The van der Waals surface area contributed by atoms with Gasteiger partial charge in [-0.25, -0.2) is 5.48 Å². The highest BCUT2D eigenvalue weighted by atomic mass is 16.7. The van der Waals surface area contributed by atoms with Gasteiger partial charge in [-0.1, -0.05) is 19.8 Å². The van der Waals surface area contributed by atoms with Crippen molar-refractivity contribution in [3.63, 3.8) is 0 Å². The number of carbonyl (C=O) groups is 1. The van der Waals surface area contributed by atoms with E-state index in [1.165, 1.54) is 12.8 Å². The molecule has 0 saturated heterocycles. The van der Waals surface area contributed by atoms with Crippen molar-refractivity contribution in [3.8, 4) is 0 Å². The normalized spacial score (nSPS) is 20.2. The van der Waals surface area contributed by atoms with Crippen molar-refractivity contribution in [2.75, 3.05) is 6.54 Å². The second kappa shape index (κ2) is 5.19. The van der Waals surface area contributed by atoms with Crippen LogP contribution in [0.4, 0.5) is 0 Å². The highest BCUT2D eigenvalue weighted by Crippen LogP contribution is 2.19. The lowest BCUT2D eigenvalue weighted by Gasteiger charge is -2.13. The molecule has 1 amide bonds. The Bertz CT molecular complexity index is 167. The largest absolute Gasteiger partial charge is 0.330 e. The number of hydroxylamine groups is 1. The summed E-state index contributed by atoms with van der Waals surface area (Å²) in [4.78, 5) is 16.4. The van der Waals surface area contributed by atoms with E-state index in [1.807, 2.05) is 0 Å². The molecule has 4 nitrogen and oxygen atoms in total. The van der Waals surface area contributed by atoms with Gasteiger partial charge in [0.15, 0.2) is 0 Å². The molecule has 76 valence electrons. The van der Waals surface area contributed by atoms with Crippen LogP contribution in [0.3, 0.4) is 0 Å². The lowest BCUT2D eigenvalue weighted by Crippen LogP contribution is -2.35. The minimum Gasteiger partial charge on any atom is -0.330 e. The predicted molar refractivity (Wildman–Crippen MR) is 49.7 cm³/mol. The summed E-state index contributed by atoms with van der Waals surface area (Å²) >= 11 is 0. The zero-order valence-corrected chi connectivity index (χ0v) is 8.08. The van der Waals surface area contributed by atoms with Gasteiger partial charge in [0.1, 0.15) is 0 Å². The summed E-state index contributed by atoms with van der Waals surface area (Å²) in [6, 6.07) is 0. The summed E-state index contributed by atoms with van der Waals surface area (Å²) in [5.74, 6) is -0.282. The summed E-state index contributed by atoms with van der Waals surface area (Å²) in [6.07, 6.45) is 4.73. The quantitative estimate of drug-likeness (QED) is 0.631. The van der Waals surface area contributed by atoms with Crippen LogP contribution in [-0.2, 0) is 9.63 Å². The maximum atomic E-state index is 11.2. The summed E-state index contributed by atoms with van der Waals surface area (Å²) in [7, 11) is 0. The van der Waals surface area contributed by atoms with E-state index in [2.05, 4.69) is 5.48 Å². The molecular formula is C9H18N2O2. The number of hydrogen-bond acceptors (Lipinski definition) is 3. The highest BCUT2D eigenvalue weighted by Gasteiger charge is 2.18. The molecule has 0 aliphatic heterocycles. The van der Waals surface area contributed by atoms with Crippen LogP contribution in [0.25, 0.3) is 0 Å². The van der Waals surface area contributed by atoms with Crippen molar-refractivity contribution in [2.45, 2.75) is 38.7 Å². The Kier molecular flexibility index (Phi) is 4.18. The van der Waals surface area contributed by atoms with Crippen molar-refractivity contribution in [1.29, 1.82) is 0 Å². The molecular weight excluding hydrogens is 168 g/mol.